The Kier molecular flexibility index (Phi) is 3.38. The highest BCUT2D eigenvalue weighted by molar-refractivity contribution is 6.01. The number of benzene rings is 1. The zero-order valence-corrected chi connectivity index (χ0v) is 10.2. The standard InChI is InChI=1S/C12H8F5NO3/c13-11(14,12(15,16)17)10(21)18-4-3-6-1-2-7(9(19)20)5-8(6)18/h1-2,5H,3-4H2,(H,19,20). The average molecular weight is 309 g/mol. The van der Waals surface area contributed by atoms with Crippen LogP contribution in [-0.2, 0) is 11.2 Å². The lowest BCUT2D eigenvalue weighted by Crippen LogP contribution is -2.51. The SMILES string of the molecule is O=C(O)c1ccc2c(c1)N(C(=O)C(F)(F)C(F)(F)F)CC2. The Hall–Kier alpha value is -2.19. The molecule has 1 amide bonds. The summed E-state index contributed by atoms with van der Waals surface area (Å²) in [6, 6.07) is 3.39. The van der Waals surface area contributed by atoms with E-state index in [1.807, 2.05) is 0 Å². The maximum Gasteiger partial charge on any atom is 0.463 e. The summed E-state index contributed by atoms with van der Waals surface area (Å²) < 4.78 is 62.9. The van der Waals surface area contributed by atoms with Crippen LogP contribution in [0.2, 0.25) is 0 Å². The van der Waals surface area contributed by atoms with Crippen LogP contribution >= 0.6 is 0 Å². The number of aromatic carboxylic acids is 1. The first kappa shape index (κ1) is 15.2. The zero-order chi connectivity index (χ0) is 16.0. The minimum absolute atomic E-state index is 0.0783. The van der Waals surface area contributed by atoms with Gasteiger partial charge in [0.2, 0.25) is 0 Å². The van der Waals surface area contributed by atoms with Crippen LogP contribution < -0.4 is 4.90 Å². The second-order valence-corrected chi connectivity index (χ2v) is 4.43. The maximum absolute atomic E-state index is 13.1. The van der Waals surface area contributed by atoms with E-state index >= 15 is 0 Å². The smallest absolute Gasteiger partial charge is 0.463 e. The van der Waals surface area contributed by atoms with Crippen LogP contribution in [0.3, 0.4) is 0 Å². The lowest BCUT2D eigenvalue weighted by molar-refractivity contribution is -0.268. The molecule has 1 N–H and O–H groups in total. The van der Waals surface area contributed by atoms with E-state index in [1.54, 1.807) is 0 Å². The molecule has 0 aliphatic carbocycles. The van der Waals surface area contributed by atoms with Crippen LogP contribution in [0.4, 0.5) is 27.6 Å². The van der Waals surface area contributed by atoms with Crippen molar-refractivity contribution >= 4 is 17.6 Å². The number of hydrogen-bond donors (Lipinski definition) is 1. The van der Waals surface area contributed by atoms with E-state index in [-0.39, 0.29) is 29.1 Å². The molecule has 0 unspecified atom stereocenters. The van der Waals surface area contributed by atoms with E-state index < -0.39 is 24.0 Å². The average Bonchev–Trinajstić information content (AvgIpc) is 2.78. The van der Waals surface area contributed by atoms with Gasteiger partial charge in [0.25, 0.3) is 0 Å². The van der Waals surface area contributed by atoms with Gasteiger partial charge in [-0.25, -0.2) is 4.79 Å². The lowest BCUT2D eigenvalue weighted by atomic mass is 10.1. The Bertz CT molecular complexity index is 611. The van der Waals surface area contributed by atoms with Crippen molar-refractivity contribution in [1.29, 1.82) is 0 Å². The molecule has 0 radical (unpaired) electrons. The van der Waals surface area contributed by atoms with Gasteiger partial charge in [0.1, 0.15) is 0 Å². The van der Waals surface area contributed by atoms with Crippen molar-refractivity contribution in [3.05, 3.63) is 29.3 Å². The topological polar surface area (TPSA) is 57.6 Å². The highest BCUT2D eigenvalue weighted by atomic mass is 19.4. The molecule has 4 nitrogen and oxygen atoms in total. The Morgan fingerprint density at radius 2 is 1.76 bits per heavy atom. The second-order valence-electron chi connectivity index (χ2n) is 4.43. The molecule has 1 aromatic rings. The van der Waals surface area contributed by atoms with Crippen molar-refractivity contribution in [2.24, 2.45) is 0 Å². The Labute approximate surface area is 114 Å². The van der Waals surface area contributed by atoms with Crippen molar-refractivity contribution in [3.8, 4) is 0 Å². The number of carboxylic acids is 1. The summed E-state index contributed by atoms with van der Waals surface area (Å²) in [6.07, 6.45) is -5.92. The summed E-state index contributed by atoms with van der Waals surface area (Å²) in [6.45, 7) is -0.358. The van der Waals surface area contributed by atoms with Crippen LogP contribution in [0.15, 0.2) is 18.2 Å². The number of carbonyl (C=O) groups is 2. The zero-order valence-electron chi connectivity index (χ0n) is 10.2. The van der Waals surface area contributed by atoms with Gasteiger partial charge in [-0.3, -0.25) is 4.79 Å². The minimum atomic E-state index is -6.00. The molecule has 0 saturated heterocycles. The number of alkyl halides is 5. The van der Waals surface area contributed by atoms with Crippen molar-refractivity contribution in [2.45, 2.75) is 18.5 Å². The number of amides is 1. The molecule has 9 heteroatoms. The van der Waals surface area contributed by atoms with Crippen LogP contribution in [0.5, 0.6) is 0 Å². The van der Waals surface area contributed by atoms with Crippen molar-refractivity contribution < 1.29 is 36.6 Å². The first-order valence-corrected chi connectivity index (χ1v) is 5.68. The third-order valence-corrected chi connectivity index (χ3v) is 3.10. The fraction of sp³-hybridized carbons (Fsp3) is 0.333. The van der Waals surface area contributed by atoms with Gasteiger partial charge in [0.05, 0.1) is 5.56 Å². The molecule has 1 aliphatic rings. The van der Waals surface area contributed by atoms with E-state index in [9.17, 15) is 31.5 Å². The van der Waals surface area contributed by atoms with Crippen LogP contribution in [0.1, 0.15) is 15.9 Å². The molecule has 1 heterocycles. The number of rotatable bonds is 2. The molecule has 2 rings (SSSR count). The fourth-order valence-electron chi connectivity index (χ4n) is 2.01. The van der Waals surface area contributed by atoms with E-state index in [4.69, 9.17) is 5.11 Å². The molecule has 21 heavy (non-hydrogen) atoms. The van der Waals surface area contributed by atoms with E-state index in [2.05, 4.69) is 0 Å². The van der Waals surface area contributed by atoms with Gasteiger partial charge in [-0.15, -0.1) is 0 Å². The Morgan fingerprint density at radius 3 is 2.29 bits per heavy atom. The second kappa shape index (κ2) is 4.68. The monoisotopic (exact) mass is 309 g/mol. The van der Waals surface area contributed by atoms with Crippen molar-refractivity contribution in [2.75, 3.05) is 11.4 Å². The summed E-state index contributed by atoms with van der Waals surface area (Å²) in [7, 11) is 0. The molecular formula is C12H8F5NO3. The Balaban J connectivity index is 2.41. The highest BCUT2D eigenvalue weighted by Gasteiger charge is 2.65. The lowest BCUT2D eigenvalue weighted by Gasteiger charge is -2.25. The van der Waals surface area contributed by atoms with Gasteiger partial charge >= 0.3 is 24.0 Å². The molecule has 114 valence electrons. The third-order valence-electron chi connectivity index (χ3n) is 3.10. The molecule has 1 aliphatic heterocycles. The maximum atomic E-state index is 13.1. The number of carboxylic acid groups (broad SMARTS) is 1. The number of hydrogen-bond acceptors (Lipinski definition) is 2. The number of halogens is 5. The largest absolute Gasteiger partial charge is 0.478 e. The minimum Gasteiger partial charge on any atom is -0.478 e. The first-order valence-electron chi connectivity index (χ1n) is 5.68. The Morgan fingerprint density at radius 1 is 1.14 bits per heavy atom. The molecule has 0 atom stereocenters. The molecular weight excluding hydrogens is 301 g/mol. The van der Waals surface area contributed by atoms with Gasteiger partial charge in [-0.2, -0.15) is 22.0 Å². The van der Waals surface area contributed by atoms with Crippen LogP contribution in [-0.4, -0.2) is 35.6 Å². The predicted octanol–water partition coefficient (Wildman–Crippen LogP) is 2.47. The summed E-state index contributed by atoms with van der Waals surface area (Å²) in [5, 5.41) is 8.80. The number of fused-ring (bicyclic) bond motifs is 1. The van der Waals surface area contributed by atoms with E-state index in [0.29, 0.717) is 5.56 Å². The van der Waals surface area contributed by atoms with Gasteiger partial charge in [0, 0.05) is 12.2 Å². The molecule has 0 bridgehead atoms. The number of carbonyl (C=O) groups excluding carboxylic acids is 1. The summed E-state index contributed by atoms with van der Waals surface area (Å²) in [5.74, 6) is -9.30. The molecule has 0 saturated carbocycles. The fourth-order valence-corrected chi connectivity index (χ4v) is 2.01. The summed E-state index contributed by atoms with van der Waals surface area (Å²) in [4.78, 5) is 22.5. The predicted molar refractivity (Wildman–Crippen MR) is 60.5 cm³/mol. The van der Waals surface area contributed by atoms with E-state index in [0.717, 1.165) is 6.07 Å². The summed E-state index contributed by atoms with van der Waals surface area (Å²) >= 11 is 0. The summed E-state index contributed by atoms with van der Waals surface area (Å²) in [5.41, 5.74) is -0.195. The van der Waals surface area contributed by atoms with Gasteiger partial charge in [-0.1, -0.05) is 6.07 Å². The molecule has 1 aromatic carbocycles. The van der Waals surface area contributed by atoms with Gasteiger partial charge in [0.15, 0.2) is 0 Å². The number of nitrogens with zero attached hydrogens (tertiary/aromatic N) is 1. The van der Waals surface area contributed by atoms with Crippen molar-refractivity contribution in [1.82, 2.24) is 0 Å². The van der Waals surface area contributed by atoms with Crippen molar-refractivity contribution in [3.63, 3.8) is 0 Å². The highest BCUT2D eigenvalue weighted by Crippen LogP contribution is 2.40. The molecule has 0 aromatic heterocycles. The van der Waals surface area contributed by atoms with Crippen LogP contribution in [0, 0.1) is 0 Å². The van der Waals surface area contributed by atoms with Gasteiger partial charge < -0.3 is 10.0 Å². The van der Waals surface area contributed by atoms with E-state index in [1.165, 1.54) is 12.1 Å². The van der Waals surface area contributed by atoms with Crippen LogP contribution in [0.25, 0.3) is 0 Å². The molecule has 0 spiro atoms. The third kappa shape index (κ3) is 2.43. The molecule has 0 fully saturated rings. The first-order chi connectivity index (χ1) is 9.55. The number of anilines is 1. The normalized spacial score (nSPS) is 15.0. The van der Waals surface area contributed by atoms with Gasteiger partial charge in [-0.05, 0) is 24.1 Å². The quantitative estimate of drug-likeness (QED) is 0.854.